The molecule has 0 bridgehead atoms. The average Bonchev–Trinajstić information content (AvgIpc) is 2.39. The van der Waals surface area contributed by atoms with Crippen molar-refractivity contribution in [3.05, 3.63) is 36.3 Å². The van der Waals surface area contributed by atoms with Crippen molar-refractivity contribution in [1.82, 2.24) is 19.9 Å². The third kappa shape index (κ3) is 3.01. The zero-order valence-electron chi connectivity index (χ0n) is 10.5. The molecule has 2 heterocycles. The summed E-state index contributed by atoms with van der Waals surface area (Å²) >= 11 is 0. The highest BCUT2D eigenvalue weighted by atomic mass is 16.4. The van der Waals surface area contributed by atoms with Gasteiger partial charge in [-0.25, -0.2) is 24.7 Å². The summed E-state index contributed by atoms with van der Waals surface area (Å²) in [4.78, 5) is 27.1. The minimum absolute atomic E-state index is 0.111. The molecule has 0 spiro atoms. The van der Waals surface area contributed by atoms with Gasteiger partial charge in [0.05, 0.1) is 30.0 Å². The normalized spacial score (nSPS) is 10.5. The van der Waals surface area contributed by atoms with E-state index >= 15 is 0 Å². The van der Waals surface area contributed by atoms with Crippen LogP contribution in [0.15, 0.2) is 24.9 Å². The van der Waals surface area contributed by atoms with Crippen LogP contribution < -0.4 is 5.32 Å². The summed E-state index contributed by atoms with van der Waals surface area (Å²) in [7, 11) is 0. The Morgan fingerprint density at radius 1 is 1.26 bits per heavy atom. The monoisotopic (exact) mass is 259 g/mol. The van der Waals surface area contributed by atoms with Crippen LogP contribution >= 0.6 is 0 Å². The zero-order valence-corrected chi connectivity index (χ0v) is 10.5. The van der Waals surface area contributed by atoms with Crippen LogP contribution in [0.25, 0.3) is 0 Å². The van der Waals surface area contributed by atoms with E-state index in [2.05, 4.69) is 25.3 Å². The summed E-state index contributed by atoms with van der Waals surface area (Å²) in [6, 6.07) is 0. The van der Waals surface area contributed by atoms with Gasteiger partial charge in [-0.15, -0.1) is 0 Å². The lowest BCUT2D eigenvalue weighted by molar-refractivity contribution is 0.0691. The molecule has 2 aromatic heterocycles. The molecule has 0 saturated carbocycles. The van der Waals surface area contributed by atoms with Gasteiger partial charge >= 0.3 is 5.97 Å². The second kappa shape index (κ2) is 5.38. The molecular weight excluding hydrogens is 246 g/mol. The van der Waals surface area contributed by atoms with Crippen LogP contribution in [0.5, 0.6) is 0 Å². The molecule has 2 N–H and O–H groups in total. The van der Waals surface area contributed by atoms with Gasteiger partial charge in [-0.1, -0.05) is 13.8 Å². The Hall–Kier alpha value is -2.57. The third-order valence-corrected chi connectivity index (χ3v) is 2.41. The lowest BCUT2D eigenvalue weighted by Crippen LogP contribution is -2.10. The number of aromatic carboxylic acids is 1. The molecule has 2 rings (SSSR count). The van der Waals surface area contributed by atoms with E-state index in [9.17, 15) is 9.90 Å². The Morgan fingerprint density at radius 2 is 1.95 bits per heavy atom. The van der Waals surface area contributed by atoms with Gasteiger partial charge in [0.2, 0.25) is 0 Å². The summed E-state index contributed by atoms with van der Waals surface area (Å²) in [5.41, 5.74) is 1.07. The highest BCUT2D eigenvalue weighted by Gasteiger charge is 2.16. The summed E-state index contributed by atoms with van der Waals surface area (Å²) in [6.07, 6.45) is 5.99. The fraction of sp³-hybridized carbons (Fsp3) is 0.250. The number of carbonyl (C=O) groups is 1. The van der Waals surface area contributed by atoms with Crippen molar-refractivity contribution in [2.24, 2.45) is 0 Å². The molecule has 7 heteroatoms. The van der Waals surface area contributed by atoms with Crippen LogP contribution in [0, 0.1) is 0 Å². The number of rotatable bonds is 4. The summed E-state index contributed by atoms with van der Waals surface area (Å²) in [5.74, 6) is -0.847. The molecule has 0 amide bonds. The molecule has 19 heavy (non-hydrogen) atoms. The number of carboxylic acid groups (broad SMARTS) is 1. The highest BCUT2D eigenvalue weighted by molar-refractivity contribution is 5.91. The number of aromatic nitrogens is 4. The Kier molecular flexibility index (Phi) is 3.65. The quantitative estimate of drug-likeness (QED) is 0.863. The van der Waals surface area contributed by atoms with Crippen molar-refractivity contribution in [2.75, 3.05) is 5.32 Å². The lowest BCUT2D eigenvalue weighted by Gasteiger charge is -2.10. The van der Waals surface area contributed by atoms with Crippen LogP contribution in [-0.4, -0.2) is 31.0 Å². The number of hydrogen-bond donors (Lipinski definition) is 2. The first-order chi connectivity index (χ1) is 9.08. The third-order valence-electron chi connectivity index (χ3n) is 2.41. The molecule has 0 aromatic carbocycles. The number of nitrogens with zero attached hydrogens (tertiary/aromatic N) is 4. The van der Waals surface area contributed by atoms with Crippen molar-refractivity contribution in [2.45, 2.75) is 19.8 Å². The summed E-state index contributed by atoms with van der Waals surface area (Å²) in [5, 5.41) is 12.0. The Bertz CT molecular complexity index is 586. The fourth-order valence-electron chi connectivity index (χ4n) is 1.42. The van der Waals surface area contributed by atoms with Crippen molar-refractivity contribution >= 4 is 17.5 Å². The van der Waals surface area contributed by atoms with E-state index in [0.717, 1.165) is 0 Å². The van der Waals surface area contributed by atoms with Crippen LogP contribution in [0.3, 0.4) is 0 Å². The minimum Gasteiger partial charge on any atom is -0.476 e. The van der Waals surface area contributed by atoms with Gasteiger partial charge in [0, 0.05) is 0 Å². The molecular formula is C12H13N5O2. The van der Waals surface area contributed by atoms with E-state index in [1.54, 1.807) is 6.20 Å². The first kappa shape index (κ1) is 12.9. The SMILES string of the molecule is CC(C)c1cnc(Nc2cncnc2)c(C(=O)O)n1. The first-order valence-corrected chi connectivity index (χ1v) is 5.70. The topological polar surface area (TPSA) is 101 Å². The number of carboxylic acids is 1. The molecule has 0 aliphatic carbocycles. The fourth-order valence-corrected chi connectivity index (χ4v) is 1.42. The molecule has 7 nitrogen and oxygen atoms in total. The van der Waals surface area contributed by atoms with Gasteiger partial charge in [0.1, 0.15) is 6.33 Å². The van der Waals surface area contributed by atoms with Gasteiger partial charge in [0.25, 0.3) is 0 Å². The molecule has 0 unspecified atom stereocenters. The van der Waals surface area contributed by atoms with Crippen LogP contribution in [0.1, 0.15) is 35.9 Å². The maximum Gasteiger partial charge on any atom is 0.358 e. The Labute approximate surface area is 109 Å². The van der Waals surface area contributed by atoms with Gasteiger partial charge in [0.15, 0.2) is 11.5 Å². The number of hydrogen-bond acceptors (Lipinski definition) is 6. The molecule has 0 aliphatic rings. The van der Waals surface area contributed by atoms with E-state index in [-0.39, 0.29) is 17.4 Å². The maximum absolute atomic E-state index is 11.2. The number of nitrogens with one attached hydrogen (secondary N) is 1. The Balaban J connectivity index is 2.37. The second-order valence-electron chi connectivity index (χ2n) is 4.20. The van der Waals surface area contributed by atoms with Gasteiger partial charge in [-0.05, 0) is 5.92 Å². The molecule has 98 valence electrons. The van der Waals surface area contributed by atoms with E-state index in [1.807, 2.05) is 13.8 Å². The standard InChI is InChI=1S/C12H13N5O2/c1-7(2)9-5-15-11(10(17-9)12(18)19)16-8-3-13-6-14-4-8/h3-7H,1-2H3,(H,15,16)(H,18,19). The second-order valence-corrected chi connectivity index (χ2v) is 4.20. The summed E-state index contributed by atoms with van der Waals surface area (Å²) in [6.45, 7) is 3.85. The van der Waals surface area contributed by atoms with E-state index in [4.69, 9.17) is 0 Å². The minimum atomic E-state index is -1.13. The van der Waals surface area contributed by atoms with Crippen molar-refractivity contribution in [1.29, 1.82) is 0 Å². The smallest absolute Gasteiger partial charge is 0.358 e. The van der Waals surface area contributed by atoms with Crippen LogP contribution in [0.4, 0.5) is 11.5 Å². The number of anilines is 2. The molecule has 0 saturated heterocycles. The predicted molar refractivity (Wildman–Crippen MR) is 68.4 cm³/mol. The van der Waals surface area contributed by atoms with E-state index in [0.29, 0.717) is 11.4 Å². The van der Waals surface area contributed by atoms with Gasteiger partial charge < -0.3 is 10.4 Å². The van der Waals surface area contributed by atoms with Gasteiger partial charge in [-0.3, -0.25) is 0 Å². The summed E-state index contributed by atoms with van der Waals surface area (Å²) < 4.78 is 0. The molecule has 0 fully saturated rings. The van der Waals surface area contributed by atoms with E-state index < -0.39 is 5.97 Å². The van der Waals surface area contributed by atoms with Crippen molar-refractivity contribution < 1.29 is 9.90 Å². The van der Waals surface area contributed by atoms with Crippen LogP contribution in [-0.2, 0) is 0 Å². The molecule has 0 aliphatic heterocycles. The van der Waals surface area contributed by atoms with Crippen molar-refractivity contribution in [3.63, 3.8) is 0 Å². The maximum atomic E-state index is 11.2. The van der Waals surface area contributed by atoms with Crippen LogP contribution in [0.2, 0.25) is 0 Å². The highest BCUT2D eigenvalue weighted by Crippen LogP contribution is 2.19. The molecule has 0 atom stereocenters. The predicted octanol–water partition coefficient (Wildman–Crippen LogP) is 1.83. The zero-order chi connectivity index (χ0) is 13.8. The van der Waals surface area contributed by atoms with Crippen molar-refractivity contribution in [3.8, 4) is 0 Å². The first-order valence-electron chi connectivity index (χ1n) is 5.70. The largest absolute Gasteiger partial charge is 0.476 e. The molecule has 2 aromatic rings. The Morgan fingerprint density at radius 3 is 2.53 bits per heavy atom. The molecule has 0 radical (unpaired) electrons. The van der Waals surface area contributed by atoms with E-state index in [1.165, 1.54) is 18.7 Å². The lowest BCUT2D eigenvalue weighted by atomic mass is 10.1. The van der Waals surface area contributed by atoms with Gasteiger partial charge in [-0.2, -0.15) is 0 Å². The average molecular weight is 259 g/mol.